The van der Waals surface area contributed by atoms with Gasteiger partial charge in [0.05, 0.1) is 5.60 Å². The van der Waals surface area contributed by atoms with Crippen LogP contribution in [0.5, 0.6) is 0 Å². The summed E-state index contributed by atoms with van der Waals surface area (Å²) >= 11 is 0. The van der Waals surface area contributed by atoms with E-state index in [1.165, 1.54) is 5.56 Å². The van der Waals surface area contributed by atoms with E-state index in [-0.39, 0.29) is 11.4 Å². The Hall–Kier alpha value is -1.15. The van der Waals surface area contributed by atoms with Gasteiger partial charge in [0, 0.05) is 6.61 Å². The topological polar surface area (TPSA) is 9.23 Å². The second-order valence-electron chi connectivity index (χ2n) is 6.04. The highest BCUT2D eigenvalue weighted by Crippen LogP contribution is 2.40. The molecule has 0 bridgehead atoms. The second-order valence-corrected chi connectivity index (χ2v) is 6.04. The third kappa shape index (κ3) is 3.66. The predicted molar refractivity (Wildman–Crippen MR) is 76.7 cm³/mol. The number of allylic oxidation sites excluding steroid dienone is 1. The van der Waals surface area contributed by atoms with Crippen LogP contribution in [-0.4, -0.2) is 12.2 Å². The highest BCUT2D eigenvalue weighted by atomic mass is 19.1. The second kappa shape index (κ2) is 5.87. The predicted octanol–water partition coefficient (Wildman–Crippen LogP) is 4.69. The van der Waals surface area contributed by atoms with Crippen molar-refractivity contribution in [2.24, 2.45) is 5.92 Å². The quantitative estimate of drug-likeness (QED) is 0.715. The average Bonchev–Trinajstić information content (AvgIpc) is 2.36. The lowest BCUT2D eigenvalue weighted by molar-refractivity contribution is -0.0766. The van der Waals surface area contributed by atoms with Gasteiger partial charge in [-0.1, -0.05) is 18.2 Å². The van der Waals surface area contributed by atoms with Crippen molar-refractivity contribution >= 4 is 0 Å². The van der Waals surface area contributed by atoms with Crippen molar-refractivity contribution in [1.29, 1.82) is 0 Å². The van der Waals surface area contributed by atoms with Gasteiger partial charge in [-0.15, -0.1) is 6.58 Å². The number of ether oxygens (including phenoxy) is 1. The molecule has 1 aromatic rings. The summed E-state index contributed by atoms with van der Waals surface area (Å²) in [5.74, 6) is 0.821. The van der Waals surface area contributed by atoms with E-state index in [2.05, 4.69) is 20.4 Å². The molecule has 1 aliphatic heterocycles. The highest BCUT2D eigenvalue weighted by molar-refractivity contribution is 5.22. The molecule has 2 heteroatoms. The van der Waals surface area contributed by atoms with E-state index in [0.717, 1.165) is 25.9 Å². The van der Waals surface area contributed by atoms with Crippen LogP contribution in [0.15, 0.2) is 36.9 Å². The van der Waals surface area contributed by atoms with E-state index in [0.29, 0.717) is 11.8 Å². The van der Waals surface area contributed by atoms with Crippen molar-refractivity contribution in [1.82, 2.24) is 0 Å². The highest BCUT2D eigenvalue weighted by Gasteiger charge is 2.33. The van der Waals surface area contributed by atoms with Crippen LogP contribution in [0.1, 0.15) is 44.6 Å². The average molecular weight is 262 g/mol. The molecule has 1 heterocycles. The minimum absolute atomic E-state index is 0.0532. The number of rotatable bonds is 4. The summed E-state index contributed by atoms with van der Waals surface area (Å²) in [5.41, 5.74) is 1.16. The van der Waals surface area contributed by atoms with Crippen LogP contribution in [0, 0.1) is 11.7 Å². The largest absolute Gasteiger partial charge is 0.376 e. The Morgan fingerprint density at radius 3 is 2.68 bits per heavy atom. The zero-order valence-corrected chi connectivity index (χ0v) is 11.9. The van der Waals surface area contributed by atoms with Crippen molar-refractivity contribution in [3.8, 4) is 0 Å². The van der Waals surface area contributed by atoms with Crippen LogP contribution in [-0.2, 0) is 4.74 Å². The first-order chi connectivity index (χ1) is 9.02. The third-order valence-electron chi connectivity index (χ3n) is 4.02. The minimum atomic E-state index is -0.173. The van der Waals surface area contributed by atoms with Gasteiger partial charge in [-0.2, -0.15) is 0 Å². The number of benzene rings is 1. The maximum atomic E-state index is 13.1. The molecular weight excluding hydrogens is 239 g/mol. The fourth-order valence-electron chi connectivity index (χ4n) is 3.11. The molecule has 1 saturated heterocycles. The van der Waals surface area contributed by atoms with Crippen LogP contribution >= 0.6 is 0 Å². The molecule has 2 rings (SSSR count). The SMILES string of the molecule is C=CCC(c1ccc(F)cc1)C1CCOC(C)(C)C1. The third-order valence-corrected chi connectivity index (χ3v) is 4.02. The molecule has 0 saturated carbocycles. The standard InChI is InChI=1S/C17H23FO/c1-4-5-16(13-6-8-15(18)9-7-13)14-10-11-19-17(2,3)12-14/h4,6-9,14,16H,1,5,10-12H2,2-3H3. The minimum Gasteiger partial charge on any atom is -0.376 e. The molecule has 0 N–H and O–H groups in total. The lowest BCUT2D eigenvalue weighted by atomic mass is 9.75. The molecule has 0 amide bonds. The van der Waals surface area contributed by atoms with Crippen molar-refractivity contribution in [3.63, 3.8) is 0 Å². The summed E-state index contributed by atoms with van der Waals surface area (Å²) in [6.45, 7) is 8.98. The smallest absolute Gasteiger partial charge is 0.123 e. The van der Waals surface area contributed by atoms with Gasteiger partial charge in [0.1, 0.15) is 5.82 Å². The molecule has 1 aliphatic rings. The zero-order valence-electron chi connectivity index (χ0n) is 11.9. The summed E-state index contributed by atoms with van der Waals surface area (Å²) in [6, 6.07) is 6.92. The zero-order chi connectivity index (χ0) is 13.9. The van der Waals surface area contributed by atoms with Gasteiger partial charge in [0.15, 0.2) is 0 Å². The summed E-state index contributed by atoms with van der Waals surface area (Å²) in [7, 11) is 0. The van der Waals surface area contributed by atoms with Crippen molar-refractivity contribution in [2.45, 2.75) is 44.6 Å². The molecule has 0 radical (unpaired) electrons. The number of hydrogen-bond donors (Lipinski definition) is 0. The van der Waals surface area contributed by atoms with Crippen molar-refractivity contribution in [2.75, 3.05) is 6.61 Å². The van der Waals surface area contributed by atoms with Crippen LogP contribution in [0.25, 0.3) is 0 Å². The van der Waals surface area contributed by atoms with Crippen LogP contribution in [0.3, 0.4) is 0 Å². The maximum Gasteiger partial charge on any atom is 0.123 e. The van der Waals surface area contributed by atoms with E-state index in [9.17, 15) is 4.39 Å². The van der Waals surface area contributed by atoms with Gasteiger partial charge in [-0.3, -0.25) is 0 Å². The summed E-state index contributed by atoms with van der Waals surface area (Å²) in [6.07, 6.45) is 5.02. The fourth-order valence-corrected chi connectivity index (χ4v) is 3.11. The van der Waals surface area contributed by atoms with Crippen molar-refractivity contribution < 1.29 is 9.13 Å². The maximum absolute atomic E-state index is 13.1. The molecule has 19 heavy (non-hydrogen) atoms. The summed E-state index contributed by atoms with van der Waals surface area (Å²) in [4.78, 5) is 0. The Morgan fingerprint density at radius 1 is 1.42 bits per heavy atom. The number of hydrogen-bond acceptors (Lipinski definition) is 1. The monoisotopic (exact) mass is 262 g/mol. The lowest BCUT2D eigenvalue weighted by Gasteiger charge is -2.39. The first-order valence-corrected chi connectivity index (χ1v) is 7.02. The van der Waals surface area contributed by atoms with E-state index in [1.54, 1.807) is 12.1 Å². The normalized spacial score (nSPS) is 23.8. The first kappa shape index (κ1) is 14.3. The van der Waals surface area contributed by atoms with Crippen LogP contribution in [0.2, 0.25) is 0 Å². The first-order valence-electron chi connectivity index (χ1n) is 7.02. The molecule has 1 aromatic carbocycles. The Kier molecular flexibility index (Phi) is 4.41. The van der Waals surface area contributed by atoms with Crippen molar-refractivity contribution in [3.05, 3.63) is 48.3 Å². The van der Waals surface area contributed by atoms with Gasteiger partial charge in [0.2, 0.25) is 0 Å². The Bertz CT molecular complexity index is 421. The fraction of sp³-hybridized carbons (Fsp3) is 0.529. The number of halogens is 1. The van der Waals surface area contributed by atoms with Gasteiger partial charge >= 0.3 is 0 Å². The van der Waals surface area contributed by atoms with Gasteiger partial charge in [0.25, 0.3) is 0 Å². The van der Waals surface area contributed by atoms with E-state index in [4.69, 9.17) is 4.74 Å². The van der Waals surface area contributed by atoms with E-state index in [1.807, 2.05) is 18.2 Å². The lowest BCUT2D eigenvalue weighted by Crippen LogP contribution is -2.36. The molecule has 0 aliphatic carbocycles. The Morgan fingerprint density at radius 2 is 2.11 bits per heavy atom. The van der Waals surface area contributed by atoms with Crippen LogP contribution < -0.4 is 0 Å². The molecule has 1 nitrogen and oxygen atoms in total. The van der Waals surface area contributed by atoms with Gasteiger partial charge < -0.3 is 4.74 Å². The van der Waals surface area contributed by atoms with Crippen LogP contribution in [0.4, 0.5) is 4.39 Å². The molecule has 104 valence electrons. The Balaban J connectivity index is 2.19. The Labute approximate surface area is 115 Å². The molecule has 2 atom stereocenters. The summed E-state index contributed by atoms with van der Waals surface area (Å²) in [5, 5.41) is 0. The van der Waals surface area contributed by atoms with Gasteiger partial charge in [-0.25, -0.2) is 4.39 Å². The van der Waals surface area contributed by atoms with Gasteiger partial charge in [-0.05, 0) is 62.6 Å². The molecule has 0 aromatic heterocycles. The molecule has 0 spiro atoms. The summed E-state index contributed by atoms with van der Waals surface area (Å²) < 4.78 is 18.9. The molecular formula is C17H23FO. The van der Waals surface area contributed by atoms with E-state index < -0.39 is 0 Å². The molecule has 2 unspecified atom stereocenters. The molecule has 1 fully saturated rings. The van der Waals surface area contributed by atoms with E-state index >= 15 is 0 Å².